The van der Waals surface area contributed by atoms with Gasteiger partial charge in [-0.25, -0.2) is 0 Å². The van der Waals surface area contributed by atoms with Crippen molar-refractivity contribution >= 4 is 40.4 Å². The lowest BCUT2D eigenvalue weighted by molar-refractivity contribution is 0.0785. The van der Waals surface area contributed by atoms with Crippen LogP contribution in [0, 0.1) is 5.92 Å². The van der Waals surface area contributed by atoms with Crippen LogP contribution in [-0.2, 0) is 0 Å². The van der Waals surface area contributed by atoms with Gasteiger partial charge >= 0.3 is 0 Å². The molecule has 1 aromatic rings. The second-order valence-corrected chi connectivity index (χ2v) is 6.44. The molecule has 6 heteroatoms. The van der Waals surface area contributed by atoms with E-state index >= 15 is 0 Å². The maximum absolute atomic E-state index is 12.2. The molecule has 17 heavy (non-hydrogen) atoms. The van der Waals surface area contributed by atoms with Gasteiger partial charge in [0, 0.05) is 19.7 Å². The number of halogens is 2. The monoisotopic (exact) mass is 293 g/mol. The summed E-state index contributed by atoms with van der Waals surface area (Å²) in [6.07, 6.45) is 1.70. The van der Waals surface area contributed by atoms with Crippen LogP contribution in [0.2, 0.25) is 8.67 Å². The minimum atomic E-state index is -0.0569. The summed E-state index contributed by atoms with van der Waals surface area (Å²) >= 11 is 13.0. The van der Waals surface area contributed by atoms with Gasteiger partial charge in [0.05, 0.1) is 9.90 Å². The average Bonchev–Trinajstić information content (AvgIpc) is 2.85. The molecule has 1 atom stereocenters. The lowest BCUT2D eigenvalue weighted by Gasteiger charge is -2.15. The van der Waals surface area contributed by atoms with Crippen LogP contribution >= 0.6 is 34.5 Å². The van der Waals surface area contributed by atoms with Crippen LogP contribution in [0.3, 0.4) is 0 Å². The largest absolute Gasteiger partial charge is 0.396 e. The SMILES string of the molecule is O=C(c1cc(Cl)sc1Cl)N1CCC(CCO)C1. The molecule has 1 amide bonds. The molecule has 1 aliphatic rings. The number of aliphatic hydroxyl groups excluding tert-OH is 1. The van der Waals surface area contributed by atoms with E-state index in [1.165, 1.54) is 11.3 Å². The Labute approximate surface area is 114 Å². The topological polar surface area (TPSA) is 40.5 Å². The van der Waals surface area contributed by atoms with Crippen LogP contribution in [0.4, 0.5) is 0 Å². The molecule has 1 N–H and O–H groups in total. The van der Waals surface area contributed by atoms with Crippen molar-refractivity contribution in [3.63, 3.8) is 0 Å². The smallest absolute Gasteiger partial charge is 0.256 e. The molecule has 0 radical (unpaired) electrons. The van der Waals surface area contributed by atoms with Crippen LogP contribution in [-0.4, -0.2) is 35.6 Å². The zero-order valence-corrected chi connectivity index (χ0v) is 11.5. The van der Waals surface area contributed by atoms with Gasteiger partial charge in [0.25, 0.3) is 5.91 Å². The summed E-state index contributed by atoms with van der Waals surface area (Å²) in [6.45, 7) is 1.61. The molecule has 1 unspecified atom stereocenters. The molecule has 1 aliphatic heterocycles. The number of nitrogens with zero attached hydrogens (tertiary/aromatic N) is 1. The van der Waals surface area contributed by atoms with E-state index < -0.39 is 0 Å². The van der Waals surface area contributed by atoms with Gasteiger partial charge in [0.15, 0.2) is 0 Å². The van der Waals surface area contributed by atoms with E-state index in [-0.39, 0.29) is 12.5 Å². The molecular weight excluding hydrogens is 281 g/mol. The molecule has 0 saturated carbocycles. The summed E-state index contributed by atoms with van der Waals surface area (Å²) in [5.74, 6) is 0.343. The summed E-state index contributed by atoms with van der Waals surface area (Å²) in [7, 11) is 0. The highest BCUT2D eigenvalue weighted by atomic mass is 35.5. The Hall–Kier alpha value is -0.290. The standard InChI is InChI=1S/C11H13Cl2NO2S/c12-9-5-8(10(13)17-9)11(16)14-3-1-7(6-14)2-4-15/h5,7,15H,1-4,6H2. The number of hydrogen-bond acceptors (Lipinski definition) is 3. The minimum absolute atomic E-state index is 0.0569. The fraction of sp³-hybridized carbons (Fsp3) is 0.545. The first kappa shape index (κ1) is 13.1. The van der Waals surface area contributed by atoms with Crippen molar-refractivity contribution < 1.29 is 9.90 Å². The lowest BCUT2D eigenvalue weighted by atomic mass is 10.1. The number of likely N-dealkylation sites (tertiary alicyclic amines) is 1. The zero-order chi connectivity index (χ0) is 12.4. The molecule has 2 rings (SSSR count). The first-order chi connectivity index (χ1) is 8.11. The van der Waals surface area contributed by atoms with Crippen LogP contribution in [0.25, 0.3) is 0 Å². The van der Waals surface area contributed by atoms with E-state index in [0.29, 0.717) is 26.7 Å². The van der Waals surface area contributed by atoms with Gasteiger partial charge in [-0.3, -0.25) is 4.79 Å². The molecule has 94 valence electrons. The van der Waals surface area contributed by atoms with Crippen LogP contribution in [0.1, 0.15) is 23.2 Å². The Morgan fingerprint density at radius 3 is 2.94 bits per heavy atom. The van der Waals surface area contributed by atoms with Crippen molar-refractivity contribution in [2.45, 2.75) is 12.8 Å². The average molecular weight is 294 g/mol. The quantitative estimate of drug-likeness (QED) is 0.931. The Bertz CT molecular complexity index is 422. The highest BCUT2D eigenvalue weighted by Gasteiger charge is 2.28. The second kappa shape index (κ2) is 5.57. The molecule has 0 bridgehead atoms. The first-order valence-electron chi connectivity index (χ1n) is 5.46. The van der Waals surface area contributed by atoms with E-state index in [2.05, 4.69) is 0 Å². The predicted octanol–water partition coefficient (Wildman–Crippen LogP) is 2.90. The number of carbonyl (C=O) groups is 1. The number of thiophene rings is 1. The van der Waals surface area contributed by atoms with E-state index in [1.807, 2.05) is 0 Å². The summed E-state index contributed by atoms with van der Waals surface area (Å²) in [5.41, 5.74) is 0.492. The maximum Gasteiger partial charge on any atom is 0.256 e. The second-order valence-electron chi connectivity index (χ2n) is 4.16. The molecule has 0 aromatic carbocycles. The molecular formula is C11H13Cl2NO2S. The molecule has 1 fully saturated rings. The predicted molar refractivity (Wildman–Crippen MR) is 70.1 cm³/mol. The van der Waals surface area contributed by atoms with Crippen molar-refractivity contribution in [2.24, 2.45) is 5.92 Å². The van der Waals surface area contributed by atoms with Crippen LogP contribution in [0.5, 0.6) is 0 Å². The third kappa shape index (κ3) is 2.94. The van der Waals surface area contributed by atoms with Crippen molar-refractivity contribution in [1.29, 1.82) is 0 Å². The van der Waals surface area contributed by atoms with Crippen LogP contribution in [0.15, 0.2) is 6.07 Å². The van der Waals surface area contributed by atoms with Gasteiger partial charge in [-0.15, -0.1) is 11.3 Å². The summed E-state index contributed by atoms with van der Waals surface area (Å²) in [4.78, 5) is 13.9. The highest BCUT2D eigenvalue weighted by molar-refractivity contribution is 7.20. The summed E-state index contributed by atoms with van der Waals surface area (Å²) < 4.78 is 0.982. The zero-order valence-electron chi connectivity index (χ0n) is 9.16. The van der Waals surface area contributed by atoms with Gasteiger partial charge in [-0.05, 0) is 24.8 Å². The van der Waals surface area contributed by atoms with E-state index in [0.717, 1.165) is 19.4 Å². The Morgan fingerprint density at radius 1 is 1.59 bits per heavy atom. The van der Waals surface area contributed by atoms with E-state index in [4.69, 9.17) is 28.3 Å². The Kier molecular flexibility index (Phi) is 4.31. The maximum atomic E-state index is 12.2. The van der Waals surface area contributed by atoms with E-state index in [9.17, 15) is 4.79 Å². The number of amides is 1. The van der Waals surface area contributed by atoms with Gasteiger partial charge in [-0.2, -0.15) is 0 Å². The minimum Gasteiger partial charge on any atom is -0.396 e. The number of aliphatic hydroxyl groups is 1. The van der Waals surface area contributed by atoms with Crippen molar-refractivity contribution in [1.82, 2.24) is 4.90 Å². The van der Waals surface area contributed by atoms with Crippen molar-refractivity contribution in [2.75, 3.05) is 19.7 Å². The number of hydrogen-bond donors (Lipinski definition) is 1. The number of rotatable bonds is 3. The fourth-order valence-electron chi connectivity index (χ4n) is 2.09. The lowest BCUT2D eigenvalue weighted by Crippen LogP contribution is -2.28. The summed E-state index contributed by atoms with van der Waals surface area (Å²) in [5, 5.41) is 8.88. The molecule has 2 heterocycles. The van der Waals surface area contributed by atoms with E-state index in [1.54, 1.807) is 11.0 Å². The van der Waals surface area contributed by atoms with Crippen LogP contribution < -0.4 is 0 Å². The molecule has 1 saturated heterocycles. The molecule has 0 spiro atoms. The molecule has 0 aliphatic carbocycles. The third-order valence-corrected chi connectivity index (χ3v) is 4.49. The summed E-state index contributed by atoms with van der Waals surface area (Å²) in [6, 6.07) is 1.62. The fourth-order valence-corrected chi connectivity index (χ4v) is 3.54. The highest BCUT2D eigenvalue weighted by Crippen LogP contribution is 2.33. The molecule has 3 nitrogen and oxygen atoms in total. The van der Waals surface area contributed by atoms with Crippen molar-refractivity contribution in [3.05, 3.63) is 20.3 Å². The number of carbonyl (C=O) groups excluding carboxylic acids is 1. The van der Waals surface area contributed by atoms with Crippen molar-refractivity contribution in [3.8, 4) is 0 Å². The molecule has 1 aromatic heterocycles. The Morgan fingerprint density at radius 2 is 2.35 bits per heavy atom. The van der Waals surface area contributed by atoms with Gasteiger partial charge in [-0.1, -0.05) is 23.2 Å². The normalized spacial score (nSPS) is 19.9. The Balaban J connectivity index is 2.04. The first-order valence-corrected chi connectivity index (χ1v) is 7.04. The van der Waals surface area contributed by atoms with Gasteiger partial charge < -0.3 is 10.0 Å². The van der Waals surface area contributed by atoms with Gasteiger partial charge in [0.1, 0.15) is 4.34 Å². The van der Waals surface area contributed by atoms with Gasteiger partial charge in [0.2, 0.25) is 0 Å². The third-order valence-electron chi connectivity index (χ3n) is 3.00.